The standard InChI is InChI=1S/C20H17N3O3/c1-12(25)16-7-13(10-21)4-5-18(16)23-15-8-14-3-2-6-22-20(14)17(9-15)19(26)11-24/h2-9,11,23H,10,21H2,1H3. The first kappa shape index (κ1) is 17.4. The lowest BCUT2D eigenvalue weighted by Gasteiger charge is -2.13. The highest BCUT2D eigenvalue weighted by Crippen LogP contribution is 2.27. The fourth-order valence-corrected chi connectivity index (χ4v) is 2.79. The van der Waals surface area contributed by atoms with Gasteiger partial charge in [0.05, 0.1) is 11.1 Å². The van der Waals surface area contributed by atoms with Crippen molar-refractivity contribution < 1.29 is 14.4 Å². The van der Waals surface area contributed by atoms with Crippen LogP contribution in [0.15, 0.2) is 48.7 Å². The Morgan fingerprint density at radius 2 is 1.96 bits per heavy atom. The molecule has 1 aromatic heterocycles. The Bertz CT molecular complexity index is 1030. The van der Waals surface area contributed by atoms with E-state index in [9.17, 15) is 14.4 Å². The lowest BCUT2D eigenvalue weighted by Crippen LogP contribution is -2.06. The number of carbonyl (C=O) groups excluding carboxylic acids is 3. The number of carbonyl (C=O) groups is 3. The molecule has 1 heterocycles. The van der Waals surface area contributed by atoms with E-state index >= 15 is 0 Å². The summed E-state index contributed by atoms with van der Waals surface area (Å²) in [5, 5.41) is 3.87. The van der Waals surface area contributed by atoms with Crippen LogP contribution in [0.5, 0.6) is 0 Å². The van der Waals surface area contributed by atoms with Crippen molar-refractivity contribution in [3.05, 3.63) is 65.4 Å². The van der Waals surface area contributed by atoms with Gasteiger partial charge < -0.3 is 11.1 Å². The molecule has 0 aliphatic heterocycles. The fourth-order valence-electron chi connectivity index (χ4n) is 2.79. The van der Waals surface area contributed by atoms with E-state index in [-0.39, 0.29) is 17.6 Å². The van der Waals surface area contributed by atoms with E-state index in [0.29, 0.717) is 34.4 Å². The van der Waals surface area contributed by atoms with E-state index in [1.54, 1.807) is 36.5 Å². The molecule has 2 aromatic carbocycles. The zero-order valence-corrected chi connectivity index (χ0v) is 14.2. The third-order valence-electron chi connectivity index (χ3n) is 4.06. The minimum absolute atomic E-state index is 0.102. The van der Waals surface area contributed by atoms with Gasteiger partial charge in [0.15, 0.2) is 12.1 Å². The van der Waals surface area contributed by atoms with Gasteiger partial charge in [-0.3, -0.25) is 19.4 Å². The van der Waals surface area contributed by atoms with Crippen molar-refractivity contribution in [3.63, 3.8) is 0 Å². The third kappa shape index (κ3) is 3.36. The second-order valence-corrected chi connectivity index (χ2v) is 5.85. The Hall–Kier alpha value is -3.38. The molecule has 6 heteroatoms. The summed E-state index contributed by atoms with van der Waals surface area (Å²) in [5.74, 6) is -0.753. The van der Waals surface area contributed by atoms with E-state index < -0.39 is 5.78 Å². The van der Waals surface area contributed by atoms with E-state index in [0.717, 1.165) is 5.56 Å². The van der Waals surface area contributed by atoms with Gasteiger partial charge in [-0.05, 0) is 42.8 Å². The van der Waals surface area contributed by atoms with E-state index in [4.69, 9.17) is 5.73 Å². The van der Waals surface area contributed by atoms with Crippen LogP contribution < -0.4 is 11.1 Å². The number of aromatic nitrogens is 1. The van der Waals surface area contributed by atoms with Gasteiger partial charge in [0, 0.05) is 35.1 Å². The third-order valence-corrected chi connectivity index (χ3v) is 4.06. The first-order valence-corrected chi connectivity index (χ1v) is 8.02. The average Bonchev–Trinajstić information content (AvgIpc) is 2.66. The molecule has 3 rings (SSSR count). The first-order valence-electron chi connectivity index (χ1n) is 8.02. The van der Waals surface area contributed by atoms with Crippen molar-refractivity contribution in [2.45, 2.75) is 13.5 Å². The smallest absolute Gasteiger partial charge is 0.227 e. The summed E-state index contributed by atoms with van der Waals surface area (Å²) in [6.45, 7) is 1.81. The SMILES string of the molecule is CC(=O)c1cc(CN)ccc1Nc1cc(C(=O)C=O)c2ncccc2c1. The molecule has 130 valence electrons. The predicted octanol–water partition coefficient (Wildman–Crippen LogP) is 3.02. The van der Waals surface area contributed by atoms with Crippen molar-refractivity contribution in [1.82, 2.24) is 4.98 Å². The Labute approximate surface area is 150 Å². The maximum atomic E-state index is 12.0. The number of benzene rings is 2. The van der Waals surface area contributed by atoms with Gasteiger partial charge in [-0.2, -0.15) is 0 Å². The van der Waals surface area contributed by atoms with E-state index in [1.807, 2.05) is 12.1 Å². The predicted molar refractivity (Wildman–Crippen MR) is 99.8 cm³/mol. The molecule has 0 unspecified atom stereocenters. The van der Waals surface area contributed by atoms with Crippen LogP contribution in [0.2, 0.25) is 0 Å². The second kappa shape index (κ2) is 7.25. The molecule has 0 bridgehead atoms. The molecule has 0 saturated heterocycles. The summed E-state index contributed by atoms with van der Waals surface area (Å²) in [6, 6.07) is 12.3. The van der Waals surface area contributed by atoms with Gasteiger partial charge >= 0.3 is 0 Å². The van der Waals surface area contributed by atoms with Gasteiger partial charge in [-0.15, -0.1) is 0 Å². The molecular formula is C20H17N3O3. The van der Waals surface area contributed by atoms with E-state index in [1.165, 1.54) is 6.92 Å². The molecular weight excluding hydrogens is 330 g/mol. The van der Waals surface area contributed by atoms with Crippen molar-refractivity contribution in [3.8, 4) is 0 Å². The van der Waals surface area contributed by atoms with Crippen LogP contribution in [0.25, 0.3) is 10.9 Å². The zero-order chi connectivity index (χ0) is 18.7. The Balaban J connectivity index is 2.11. The first-order chi connectivity index (χ1) is 12.5. The molecule has 0 saturated carbocycles. The highest BCUT2D eigenvalue weighted by atomic mass is 16.2. The second-order valence-electron chi connectivity index (χ2n) is 5.85. The van der Waals surface area contributed by atoms with Crippen LogP contribution in [0.4, 0.5) is 11.4 Å². The molecule has 0 amide bonds. The maximum absolute atomic E-state index is 12.0. The van der Waals surface area contributed by atoms with Crippen molar-refractivity contribution in [2.24, 2.45) is 5.73 Å². The number of nitrogens with one attached hydrogen (secondary N) is 1. The number of aldehydes is 1. The molecule has 3 N–H and O–H groups in total. The fraction of sp³-hybridized carbons (Fsp3) is 0.100. The highest BCUT2D eigenvalue weighted by molar-refractivity contribution is 6.36. The van der Waals surface area contributed by atoms with Crippen molar-refractivity contribution >= 4 is 40.1 Å². The molecule has 0 fully saturated rings. The molecule has 3 aromatic rings. The summed E-state index contributed by atoms with van der Waals surface area (Å²) in [5.41, 5.74) is 8.84. The minimum atomic E-state index is -0.650. The number of hydrogen-bond acceptors (Lipinski definition) is 6. The van der Waals surface area contributed by atoms with Gasteiger partial charge in [-0.25, -0.2) is 0 Å². The number of nitrogens with two attached hydrogens (primary N) is 1. The van der Waals surface area contributed by atoms with Crippen molar-refractivity contribution in [2.75, 3.05) is 5.32 Å². The lowest BCUT2D eigenvalue weighted by atomic mass is 10.0. The number of anilines is 2. The van der Waals surface area contributed by atoms with Gasteiger partial charge in [0.2, 0.25) is 5.78 Å². The zero-order valence-electron chi connectivity index (χ0n) is 14.2. The number of ketones is 2. The van der Waals surface area contributed by atoms with Gasteiger partial charge in [0.1, 0.15) is 0 Å². The lowest BCUT2D eigenvalue weighted by molar-refractivity contribution is -0.104. The number of rotatable bonds is 6. The van der Waals surface area contributed by atoms with Crippen molar-refractivity contribution in [1.29, 1.82) is 0 Å². The summed E-state index contributed by atoms with van der Waals surface area (Å²) >= 11 is 0. The average molecular weight is 347 g/mol. The Kier molecular flexibility index (Phi) is 4.86. The maximum Gasteiger partial charge on any atom is 0.227 e. The van der Waals surface area contributed by atoms with Gasteiger partial charge in [0.25, 0.3) is 0 Å². The number of pyridine rings is 1. The monoisotopic (exact) mass is 347 g/mol. The molecule has 0 spiro atoms. The summed E-state index contributed by atoms with van der Waals surface area (Å²) < 4.78 is 0. The molecule has 6 nitrogen and oxygen atoms in total. The number of fused-ring (bicyclic) bond motifs is 1. The summed E-state index contributed by atoms with van der Waals surface area (Å²) in [7, 11) is 0. The van der Waals surface area contributed by atoms with Crippen LogP contribution in [-0.4, -0.2) is 22.8 Å². The van der Waals surface area contributed by atoms with E-state index in [2.05, 4.69) is 10.3 Å². The molecule has 0 aliphatic rings. The molecule has 26 heavy (non-hydrogen) atoms. The number of nitrogens with zero attached hydrogens (tertiary/aromatic N) is 1. The topological polar surface area (TPSA) is 102 Å². The summed E-state index contributed by atoms with van der Waals surface area (Å²) in [6.07, 6.45) is 1.83. The largest absolute Gasteiger partial charge is 0.355 e. The van der Waals surface area contributed by atoms with Crippen LogP contribution in [0, 0.1) is 0 Å². The molecule has 0 radical (unpaired) electrons. The van der Waals surface area contributed by atoms with Crippen LogP contribution in [0.3, 0.4) is 0 Å². The highest BCUT2D eigenvalue weighted by Gasteiger charge is 2.14. The minimum Gasteiger partial charge on any atom is -0.355 e. The Morgan fingerprint density at radius 1 is 1.15 bits per heavy atom. The van der Waals surface area contributed by atoms with Crippen LogP contribution in [-0.2, 0) is 11.3 Å². The van der Waals surface area contributed by atoms with Gasteiger partial charge in [-0.1, -0.05) is 12.1 Å². The number of hydrogen-bond donors (Lipinski definition) is 2. The number of Topliss-reactive ketones (excluding diaryl/α,β-unsaturated/α-hetero) is 2. The molecule has 0 aliphatic carbocycles. The molecule has 0 atom stereocenters. The Morgan fingerprint density at radius 3 is 2.65 bits per heavy atom. The summed E-state index contributed by atoms with van der Waals surface area (Å²) in [4.78, 5) is 39.1. The van der Waals surface area contributed by atoms with Crippen LogP contribution >= 0.6 is 0 Å². The van der Waals surface area contributed by atoms with Crippen LogP contribution in [0.1, 0.15) is 33.2 Å². The normalized spacial score (nSPS) is 10.5. The quantitative estimate of drug-likeness (QED) is 0.404.